The topological polar surface area (TPSA) is 0 Å². The van der Waals surface area contributed by atoms with E-state index >= 15 is 0 Å². The van der Waals surface area contributed by atoms with E-state index in [4.69, 9.17) is 0 Å². The molecular weight excluding hydrogens is 484 g/mol. The summed E-state index contributed by atoms with van der Waals surface area (Å²) < 4.78 is 0. The molecule has 1 saturated carbocycles. The minimum atomic E-state index is 0. The monoisotopic (exact) mass is 511 g/mol. The summed E-state index contributed by atoms with van der Waals surface area (Å²) >= 11 is 0. The van der Waals surface area contributed by atoms with Crippen molar-refractivity contribution in [3.63, 3.8) is 0 Å². The van der Waals surface area contributed by atoms with Gasteiger partial charge in [-0.1, -0.05) is 12.8 Å². The fourth-order valence-electron chi connectivity index (χ4n) is 2.63. The van der Waals surface area contributed by atoms with Crippen molar-refractivity contribution in [2.24, 2.45) is 17.8 Å². The van der Waals surface area contributed by atoms with Gasteiger partial charge in [-0.05, 0) is 36.5 Å². The first-order chi connectivity index (χ1) is 7.57. The minimum Gasteiger partial charge on any atom is -0.336 e. The summed E-state index contributed by atoms with van der Waals surface area (Å²) in [5, 5.41) is 0. The number of hydrogen-bond acceptors (Lipinski definition) is 0. The first-order valence-electron chi connectivity index (χ1n) is 5.69. The van der Waals surface area contributed by atoms with Gasteiger partial charge in [0.2, 0.25) is 0 Å². The van der Waals surface area contributed by atoms with E-state index in [0.717, 1.165) is 31.7 Å². The Morgan fingerprint density at radius 2 is 1.78 bits per heavy atom. The van der Waals surface area contributed by atoms with Crippen LogP contribution >= 0.6 is 53.5 Å². The molecule has 0 bridgehead atoms. The van der Waals surface area contributed by atoms with Gasteiger partial charge in [-0.2, -0.15) is 14.9 Å². The second-order valence-electron chi connectivity index (χ2n) is 4.52. The molecule has 0 saturated heterocycles. The maximum Gasteiger partial charge on any atom is 0 e. The van der Waals surface area contributed by atoms with E-state index in [0.29, 0.717) is 5.66 Å². The SMILES string of the molecule is PP.[CH2-]C(P)C1C(C)CC1C(P)CCPP.[Y].[Y]. The van der Waals surface area contributed by atoms with Gasteiger partial charge in [0.05, 0.1) is 0 Å². The largest absolute Gasteiger partial charge is 0.336 e. The molecular formula is C10H27P6Y2-. The molecule has 0 aromatic carbocycles. The number of hydrogen-bond donors (Lipinski definition) is 0. The Morgan fingerprint density at radius 1 is 1.28 bits per heavy atom. The standard InChI is InChI=1S/C10H23P4.H4P2.2Y/c1-6-5-8(10(6)7(2)11)9(12)3-4-14-13;1-2;;/h6-10,14H,2-5,11-13H2,1H3;1-2H2;;/q-1;;;. The molecule has 1 fully saturated rings. The van der Waals surface area contributed by atoms with E-state index < -0.39 is 0 Å². The van der Waals surface area contributed by atoms with Crippen LogP contribution in [0.25, 0.3) is 0 Å². The normalized spacial score (nSPS) is 29.2. The van der Waals surface area contributed by atoms with Crippen molar-refractivity contribution in [1.82, 2.24) is 0 Å². The number of rotatable bonds is 5. The van der Waals surface area contributed by atoms with E-state index in [1.807, 2.05) is 0 Å². The third-order valence-electron chi connectivity index (χ3n) is 3.46. The molecule has 0 N–H and O–H groups in total. The van der Waals surface area contributed by atoms with Crippen LogP contribution in [0.1, 0.15) is 19.8 Å². The van der Waals surface area contributed by atoms with Crippen LogP contribution in [0.15, 0.2) is 0 Å². The van der Waals surface area contributed by atoms with Crippen LogP contribution in [0.5, 0.6) is 0 Å². The van der Waals surface area contributed by atoms with Crippen molar-refractivity contribution in [3.8, 4) is 0 Å². The van der Waals surface area contributed by atoms with E-state index in [9.17, 15) is 0 Å². The molecule has 18 heavy (non-hydrogen) atoms. The van der Waals surface area contributed by atoms with Crippen LogP contribution in [0.2, 0.25) is 0 Å². The summed E-state index contributed by atoms with van der Waals surface area (Å²) in [5.74, 6) is 2.65. The van der Waals surface area contributed by atoms with Gasteiger partial charge in [-0.25, -0.2) is 0 Å². The van der Waals surface area contributed by atoms with Gasteiger partial charge in [0.25, 0.3) is 0 Å². The predicted octanol–water partition coefficient (Wildman–Crippen LogP) is 4.09. The Hall–Kier alpha value is 4.79. The van der Waals surface area contributed by atoms with Crippen molar-refractivity contribution in [2.75, 3.05) is 6.16 Å². The van der Waals surface area contributed by atoms with Gasteiger partial charge < -0.3 is 6.92 Å². The summed E-state index contributed by atoms with van der Waals surface area (Å²) in [4.78, 5) is 0. The van der Waals surface area contributed by atoms with Crippen LogP contribution in [-0.4, -0.2) is 17.5 Å². The fourth-order valence-corrected chi connectivity index (χ4v) is 5.21. The molecule has 0 spiro atoms. The molecule has 0 heterocycles. The van der Waals surface area contributed by atoms with Crippen LogP contribution in [0, 0.1) is 24.7 Å². The van der Waals surface area contributed by atoms with Crippen LogP contribution < -0.4 is 0 Å². The van der Waals surface area contributed by atoms with Crippen molar-refractivity contribution >= 4 is 53.5 Å². The minimum absolute atomic E-state index is 0. The molecule has 1 aliphatic carbocycles. The zero-order valence-electron chi connectivity index (χ0n) is 11.3. The molecule has 1 rings (SSSR count). The van der Waals surface area contributed by atoms with Gasteiger partial charge in [0.15, 0.2) is 0 Å². The zero-order chi connectivity index (χ0) is 12.7. The van der Waals surface area contributed by atoms with Gasteiger partial charge >= 0.3 is 0 Å². The zero-order valence-corrected chi connectivity index (χ0v) is 23.7. The quantitative estimate of drug-likeness (QED) is 0.386. The molecule has 2 radical (unpaired) electrons. The molecule has 0 aromatic heterocycles. The first-order valence-corrected chi connectivity index (χ1v) is 12.7. The van der Waals surface area contributed by atoms with Gasteiger partial charge in [-0.3, -0.25) is 0 Å². The Kier molecular flexibility index (Phi) is 25.5. The Balaban J connectivity index is -0.000000534. The third-order valence-corrected chi connectivity index (χ3v) is 6.18. The molecule has 0 aliphatic heterocycles. The Morgan fingerprint density at radius 3 is 2.11 bits per heavy atom. The second-order valence-corrected chi connectivity index (χ2v) is 8.37. The fraction of sp³-hybridized carbons (Fsp3) is 0.900. The molecule has 8 heteroatoms. The van der Waals surface area contributed by atoms with Crippen molar-refractivity contribution in [1.29, 1.82) is 0 Å². The average molecular weight is 511 g/mol. The first kappa shape index (κ1) is 27.6. The summed E-state index contributed by atoms with van der Waals surface area (Å²) in [6, 6.07) is 0. The van der Waals surface area contributed by atoms with E-state index in [1.54, 1.807) is 0 Å². The van der Waals surface area contributed by atoms with Crippen molar-refractivity contribution in [3.05, 3.63) is 6.92 Å². The van der Waals surface area contributed by atoms with Gasteiger partial charge in [0.1, 0.15) is 0 Å². The Labute approximate surface area is 178 Å². The molecule has 0 aromatic rings. The van der Waals surface area contributed by atoms with Gasteiger partial charge in [0, 0.05) is 65.4 Å². The summed E-state index contributed by atoms with van der Waals surface area (Å²) in [6.45, 7) is 6.55. The summed E-state index contributed by atoms with van der Waals surface area (Å²) in [7, 11) is 14.5. The molecule has 0 amide bonds. The molecule has 11 unspecified atom stereocenters. The molecule has 0 nitrogen and oxygen atoms in total. The average Bonchev–Trinajstić information content (AvgIpc) is 2.24. The maximum absolute atomic E-state index is 4.18. The molecule has 11 atom stereocenters. The van der Waals surface area contributed by atoms with E-state index in [-0.39, 0.29) is 65.4 Å². The maximum atomic E-state index is 4.18. The smallest absolute Gasteiger partial charge is 0 e. The third kappa shape index (κ3) is 9.82. The summed E-state index contributed by atoms with van der Waals surface area (Å²) in [5.41, 5.74) is 1.37. The van der Waals surface area contributed by atoms with Crippen LogP contribution in [0.4, 0.5) is 0 Å². The van der Waals surface area contributed by atoms with Gasteiger partial charge in [-0.15, -0.1) is 44.3 Å². The van der Waals surface area contributed by atoms with Crippen LogP contribution in [-0.2, 0) is 65.4 Å². The predicted molar refractivity (Wildman–Crippen MR) is 100 cm³/mol. The second kappa shape index (κ2) is 16.6. The van der Waals surface area contributed by atoms with E-state index in [1.165, 1.54) is 19.0 Å². The van der Waals surface area contributed by atoms with E-state index in [2.05, 4.69) is 59.1 Å². The molecule has 104 valence electrons. The summed E-state index contributed by atoms with van der Waals surface area (Å²) in [6.07, 6.45) is 4.16. The Bertz CT molecular complexity index is 179. The van der Waals surface area contributed by atoms with Crippen molar-refractivity contribution in [2.45, 2.75) is 31.1 Å². The van der Waals surface area contributed by atoms with Crippen molar-refractivity contribution < 1.29 is 65.4 Å². The van der Waals surface area contributed by atoms with Crippen LogP contribution in [0.3, 0.4) is 0 Å². The molecule has 1 aliphatic rings.